The zero-order chi connectivity index (χ0) is 14.3. The van der Waals surface area contributed by atoms with Crippen molar-refractivity contribution in [3.8, 4) is 10.6 Å². The Bertz CT molecular complexity index is 643. The van der Waals surface area contributed by atoms with E-state index in [4.69, 9.17) is 4.74 Å². The molecule has 0 saturated heterocycles. The minimum Gasteiger partial charge on any atom is -0.458 e. The minimum atomic E-state index is -0.255. The summed E-state index contributed by atoms with van der Waals surface area (Å²) >= 11 is 1.37. The van der Waals surface area contributed by atoms with Crippen LogP contribution >= 0.6 is 11.3 Å². The number of hydrogen-bond acceptors (Lipinski definition) is 5. The fourth-order valence-electron chi connectivity index (χ4n) is 2.13. The zero-order valence-corrected chi connectivity index (χ0v) is 12.6. The van der Waals surface area contributed by atoms with Gasteiger partial charge in [0.1, 0.15) is 16.0 Å². The molecule has 0 N–H and O–H groups in total. The molecule has 3 rings (SSSR count). The summed E-state index contributed by atoms with van der Waals surface area (Å²) in [6.45, 7) is 3.81. The highest BCUT2D eigenvalue weighted by Gasteiger charge is 2.31. The maximum atomic E-state index is 12.2. The number of carbonyl (C=O) groups excluding carboxylic acids is 1. The van der Waals surface area contributed by atoms with Crippen LogP contribution in [-0.2, 0) is 11.8 Å². The summed E-state index contributed by atoms with van der Waals surface area (Å²) in [5.41, 5.74) is 1.65. The van der Waals surface area contributed by atoms with Crippen LogP contribution in [0, 0.1) is 12.8 Å². The number of aryl methyl sites for hydroxylation is 2. The predicted molar refractivity (Wildman–Crippen MR) is 76.7 cm³/mol. The average Bonchev–Trinajstić information content (AvgIpc) is 3.06. The lowest BCUT2D eigenvalue weighted by Crippen LogP contribution is -2.16. The summed E-state index contributed by atoms with van der Waals surface area (Å²) < 4.78 is 7.23. The van der Waals surface area contributed by atoms with Gasteiger partial charge in [-0.25, -0.2) is 9.78 Å². The minimum absolute atomic E-state index is 0.00541. The van der Waals surface area contributed by atoms with Crippen molar-refractivity contribution in [2.75, 3.05) is 0 Å². The predicted octanol–water partition coefficient (Wildman–Crippen LogP) is 2.81. The lowest BCUT2D eigenvalue weighted by Gasteiger charge is -2.10. The molecule has 5 nitrogen and oxygen atoms in total. The molecule has 0 aromatic carbocycles. The summed E-state index contributed by atoms with van der Waals surface area (Å²) in [6.07, 6.45) is 5.97. The second kappa shape index (κ2) is 5.01. The Morgan fingerprint density at radius 3 is 2.90 bits per heavy atom. The van der Waals surface area contributed by atoms with Crippen LogP contribution in [0.25, 0.3) is 10.6 Å². The molecule has 0 radical (unpaired) electrons. The lowest BCUT2D eigenvalue weighted by molar-refractivity contribution is 0.0299. The van der Waals surface area contributed by atoms with E-state index in [1.807, 2.05) is 27.1 Å². The average molecular weight is 291 g/mol. The highest BCUT2D eigenvalue weighted by molar-refractivity contribution is 7.17. The first-order valence-electron chi connectivity index (χ1n) is 6.72. The van der Waals surface area contributed by atoms with Gasteiger partial charge in [0.05, 0.1) is 11.9 Å². The zero-order valence-electron chi connectivity index (χ0n) is 11.8. The molecule has 6 heteroatoms. The van der Waals surface area contributed by atoms with Crippen molar-refractivity contribution in [3.05, 3.63) is 23.0 Å². The van der Waals surface area contributed by atoms with Gasteiger partial charge < -0.3 is 4.74 Å². The maximum Gasteiger partial charge on any atom is 0.350 e. The molecule has 1 saturated carbocycles. The molecule has 0 spiro atoms. The molecule has 1 unspecified atom stereocenters. The number of thiazole rings is 1. The van der Waals surface area contributed by atoms with Gasteiger partial charge in [0, 0.05) is 18.8 Å². The van der Waals surface area contributed by atoms with E-state index in [-0.39, 0.29) is 12.1 Å². The van der Waals surface area contributed by atoms with Crippen molar-refractivity contribution in [1.82, 2.24) is 14.8 Å². The van der Waals surface area contributed by atoms with E-state index in [0.29, 0.717) is 10.8 Å². The molecule has 106 valence electrons. The normalized spacial score (nSPS) is 16.1. The molecule has 1 aliphatic rings. The second-order valence-electron chi connectivity index (χ2n) is 5.28. The topological polar surface area (TPSA) is 57.0 Å². The van der Waals surface area contributed by atoms with Crippen molar-refractivity contribution in [2.45, 2.75) is 32.8 Å². The van der Waals surface area contributed by atoms with Gasteiger partial charge in [-0.2, -0.15) is 5.10 Å². The Balaban J connectivity index is 1.79. The summed E-state index contributed by atoms with van der Waals surface area (Å²) in [6, 6.07) is 0. The van der Waals surface area contributed by atoms with Gasteiger partial charge in [-0.05, 0) is 32.6 Å². The molecule has 1 aliphatic carbocycles. The Morgan fingerprint density at radius 1 is 1.55 bits per heavy atom. The number of rotatable bonds is 4. The van der Waals surface area contributed by atoms with Crippen molar-refractivity contribution in [3.63, 3.8) is 0 Å². The second-order valence-corrected chi connectivity index (χ2v) is 6.28. The van der Waals surface area contributed by atoms with Gasteiger partial charge in [0.25, 0.3) is 0 Å². The Kier molecular flexibility index (Phi) is 3.33. The smallest absolute Gasteiger partial charge is 0.350 e. The first-order chi connectivity index (χ1) is 9.54. The van der Waals surface area contributed by atoms with Gasteiger partial charge in [0.15, 0.2) is 0 Å². The molecular formula is C14H17N3O2S. The Hall–Kier alpha value is -1.69. The van der Waals surface area contributed by atoms with Gasteiger partial charge in [0.2, 0.25) is 0 Å². The molecule has 2 heterocycles. The third-order valence-corrected chi connectivity index (χ3v) is 4.70. The molecule has 1 fully saturated rings. The summed E-state index contributed by atoms with van der Waals surface area (Å²) in [4.78, 5) is 17.2. The number of hydrogen-bond donors (Lipinski definition) is 0. The van der Waals surface area contributed by atoms with Gasteiger partial charge >= 0.3 is 5.97 Å². The van der Waals surface area contributed by atoms with Crippen LogP contribution in [0.15, 0.2) is 12.4 Å². The van der Waals surface area contributed by atoms with Crippen LogP contribution in [0.3, 0.4) is 0 Å². The third-order valence-electron chi connectivity index (χ3n) is 3.51. The monoisotopic (exact) mass is 291 g/mol. The van der Waals surface area contributed by atoms with Crippen LogP contribution in [0.2, 0.25) is 0 Å². The van der Waals surface area contributed by atoms with Crippen molar-refractivity contribution < 1.29 is 9.53 Å². The molecule has 1 atom stereocenters. The Labute approximate surface area is 121 Å². The standard InChI is InChI=1S/C14H17N3O2S/c1-8-12(14(18)19-9(2)10-4-5-10)20-13(16-8)11-6-15-17(3)7-11/h6-7,9-10H,4-5H2,1-3H3. The first-order valence-corrected chi connectivity index (χ1v) is 7.53. The number of ether oxygens (including phenoxy) is 1. The summed E-state index contributed by atoms with van der Waals surface area (Å²) in [7, 11) is 1.86. The fourth-order valence-corrected chi connectivity index (χ4v) is 3.05. The van der Waals surface area contributed by atoms with Crippen molar-refractivity contribution in [2.24, 2.45) is 13.0 Å². The van der Waals surface area contributed by atoms with E-state index >= 15 is 0 Å². The number of carbonyl (C=O) groups is 1. The van der Waals surface area contributed by atoms with Crippen molar-refractivity contribution >= 4 is 17.3 Å². The summed E-state index contributed by atoms with van der Waals surface area (Å²) in [5, 5.41) is 4.93. The van der Waals surface area contributed by atoms with Gasteiger partial charge in [-0.15, -0.1) is 11.3 Å². The van der Waals surface area contributed by atoms with E-state index < -0.39 is 0 Å². The molecule has 0 amide bonds. The maximum absolute atomic E-state index is 12.2. The number of nitrogens with zero attached hydrogens (tertiary/aromatic N) is 3. The van der Waals surface area contributed by atoms with Gasteiger partial charge in [-0.3, -0.25) is 4.68 Å². The molecule has 2 aromatic rings. The van der Waals surface area contributed by atoms with Crippen LogP contribution < -0.4 is 0 Å². The Morgan fingerprint density at radius 2 is 2.30 bits per heavy atom. The largest absolute Gasteiger partial charge is 0.458 e. The molecule has 0 aliphatic heterocycles. The summed E-state index contributed by atoms with van der Waals surface area (Å²) in [5.74, 6) is 0.291. The SMILES string of the molecule is Cc1nc(-c2cnn(C)c2)sc1C(=O)OC(C)C1CC1. The van der Waals surface area contributed by atoms with E-state index in [0.717, 1.165) is 29.1 Å². The number of aromatic nitrogens is 3. The fraction of sp³-hybridized carbons (Fsp3) is 0.500. The van der Waals surface area contributed by atoms with Crippen LogP contribution in [-0.4, -0.2) is 26.8 Å². The molecule has 0 bridgehead atoms. The van der Waals surface area contributed by atoms with Crippen LogP contribution in [0.1, 0.15) is 35.1 Å². The van der Waals surface area contributed by atoms with Crippen LogP contribution in [0.4, 0.5) is 0 Å². The van der Waals surface area contributed by atoms with Crippen molar-refractivity contribution in [1.29, 1.82) is 0 Å². The van der Waals surface area contributed by atoms with Crippen LogP contribution in [0.5, 0.6) is 0 Å². The third kappa shape index (κ3) is 2.60. The van der Waals surface area contributed by atoms with E-state index in [1.54, 1.807) is 10.9 Å². The lowest BCUT2D eigenvalue weighted by atomic mass is 10.3. The first kappa shape index (κ1) is 13.3. The van der Waals surface area contributed by atoms with Gasteiger partial charge in [-0.1, -0.05) is 0 Å². The number of esters is 1. The molecule has 2 aromatic heterocycles. The van der Waals surface area contributed by atoms with E-state index in [1.165, 1.54) is 11.3 Å². The molecule has 20 heavy (non-hydrogen) atoms. The highest BCUT2D eigenvalue weighted by atomic mass is 32.1. The quantitative estimate of drug-likeness (QED) is 0.813. The van der Waals surface area contributed by atoms with E-state index in [2.05, 4.69) is 10.1 Å². The van der Waals surface area contributed by atoms with E-state index in [9.17, 15) is 4.79 Å². The highest BCUT2D eigenvalue weighted by Crippen LogP contribution is 2.35. The molecular weight excluding hydrogens is 274 g/mol.